The van der Waals surface area contributed by atoms with Gasteiger partial charge in [0.15, 0.2) is 6.29 Å². The summed E-state index contributed by atoms with van der Waals surface area (Å²) in [6.07, 6.45) is 52.6. The minimum Gasteiger partial charge on any atom is -0.394 e. The van der Waals surface area contributed by atoms with Crippen LogP contribution >= 0.6 is 0 Å². The molecule has 0 aliphatic carbocycles. The molecule has 1 heterocycles. The van der Waals surface area contributed by atoms with Crippen molar-refractivity contribution in [2.24, 2.45) is 0 Å². The van der Waals surface area contributed by atoms with Crippen molar-refractivity contribution in [1.82, 2.24) is 5.32 Å². The van der Waals surface area contributed by atoms with E-state index >= 15 is 0 Å². The third kappa shape index (κ3) is 42.5. The van der Waals surface area contributed by atoms with Gasteiger partial charge in [-0.1, -0.05) is 296 Å². The van der Waals surface area contributed by atoms with Crippen LogP contribution in [-0.4, -0.2) is 95.4 Å². The van der Waals surface area contributed by atoms with Gasteiger partial charge in [0.05, 0.1) is 25.4 Å². The molecule has 7 atom stereocenters. The molecule has 0 radical (unpaired) electrons. The Kier molecular flexibility index (Phi) is 48.2. The number of carbonyl (C=O) groups is 1. The number of aliphatic hydroxyl groups excluding tert-OH is 4. The Balaban J connectivity index is 2.33. The second-order valence-corrected chi connectivity index (χ2v) is 23.1. The average molecular weight is 1060 g/mol. The number of carbonyl (C=O) groups excluding carboxylic acids is 1. The van der Waals surface area contributed by atoms with Crippen LogP contribution in [0.3, 0.4) is 0 Å². The fraction of sp³-hybridized carbons (Fsp3) is 0.950. The summed E-state index contributed by atoms with van der Waals surface area (Å²) in [5.41, 5.74) is 0. The quantitative estimate of drug-likeness (QED) is 0.0193. The highest BCUT2D eigenvalue weighted by atomic mass is 32.3. The summed E-state index contributed by atoms with van der Waals surface area (Å²) in [7, 11) is -5.09. The molecule has 1 aliphatic rings. The van der Waals surface area contributed by atoms with Crippen molar-refractivity contribution in [3.8, 4) is 0 Å². The average Bonchev–Trinajstić information content (AvgIpc) is 3.37. The van der Waals surface area contributed by atoms with Gasteiger partial charge in [0.1, 0.15) is 24.4 Å². The number of ether oxygens (including phenoxy) is 2. The zero-order valence-corrected chi connectivity index (χ0v) is 48.0. The topological polar surface area (TPSA) is 192 Å². The van der Waals surface area contributed by atoms with E-state index in [4.69, 9.17) is 9.47 Å². The van der Waals surface area contributed by atoms with Gasteiger partial charge in [-0.3, -0.25) is 9.35 Å². The van der Waals surface area contributed by atoms with Gasteiger partial charge >= 0.3 is 10.4 Å². The van der Waals surface area contributed by atoms with Crippen LogP contribution in [0.25, 0.3) is 0 Å². The van der Waals surface area contributed by atoms with Gasteiger partial charge in [-0.15, -0.1) is 0 Å². The first-order valence-electron chi connectivity index (χ1n) is 31.1. The number of allylic oxidation sites excluding steroid dienone is 1. The molecule has 0 aromatic carbocycles. The van der Waals surface area contributed by atoms with Gasteiger partial charge in [-0.05, 0) is 19.3 Å². The number of rotatable bonds is 55. The smallest absolute Gasteiger partial charge is 0.394 e. The minimum atomic E-state index is -5.09. The van der Waals surface area contributed by atoms with Crippen LogP contribution in [0.5, 0.6) is 0 Å². The number of hydrogen-bond acceptors (Lipinski definition) is 10. The lowest BCUT2D eigenvalue weighted by Gasteiger charge is -2.41. The predicted octanol–water partition coefficient (Wildman–Crippen LogP) is 15.0. The van der Waals surface area contributed by atoms with Crippen LogP contribution in [0.1, 0.15) is 309 Å². The molecule has 0 spiro atoms. The van der Waals surface area contributed by atoms with Gasteiger partial charge in [0.2, 0.25) is 5.91 Å². The molecule has 1 amide bonds. The van der Waals surface area contributed by atoms with Crippen molar-refractivity contribution < 1.29 is 51.8 Å². The molecule has 6 N–H and O–H groups in total. The lowest BCUT2D eigenvalue weighted by atomic mass is 9.99. The molecular formula is C60H117NO11S. The second kappa shape index (κ2) is 50.4. The maximum absolute atomic E-state index is 13.1. The molecular weight excluding hydrogens is 943 g/mol. The minimum absolute atomic E-state index is 0.255. The number of nitrogens with one attached hydrogen (secondary N) is 1. The van der Waals surface area contributed by atoms with Crippen LogP contribution in [0.2, 0.25) is 0 Å². The third-order valence-electron chi connectivity index (χ3n) is 15.1. The largest absolute Gasteiger partial charge is 0.397 e. The fourth-order valence-electron chi connectivity index (χ4n) is 10.3. The summed E-state index contributed by atoms with van der Waals surface area (Å²) in [6, 6.07) is -0.941. The monoisotopic (exact) mass is 1060 g/mol. The molecule has 1 saturated heterocycles. The molecule has 0 aromatic rings. The predicted molar refractivity (Wildman–Crippen MR) is 301 cm³/mol. The molecule has 1 aliphatic heterocycles. The standard InChI is InChI=1S/C60H117NO11S/c1-3-5-7-9-11-13-15-17-19-21-23-25-26-27-28-30-31-33-35-37-39-41-43-45-47-49-54(63)53(52-70-60-58(66)59(72-73(67,68)69)57(65)55(51-62)71-60)61-56(64)50-48-46-44-42-40-38-36-34-32-29-24-22-20-18-16-14-12-10-8-6-4-2/h47,49,53-55,57-60,62-63,65-66H,3-46,48,50-52H2,1-2H3,(H,61,64)(H,67,68,69)/b49-47+. The SMILES string of the molecule is CCCCCCCCCCCCCCCCCCCCCCCCC/C=C/C(O)C(COC1OC(CO)C(O)C(OS(=O)(=O)O)C1O)NC(=O)CCCCCCCCCCCCCCCCCCCCCCC. The van der Waals surface area contributed by atoms with Crippen molar-refractivity contribution in [3.05, 3.63) is 12.2 Å². The number of aliphatic hydroxyl groups is 4. The van der Waals surface area contributed by atoms with E-state index < -0.39 is 59.9 Å². The van der Waals surface area contributed by atoms with E-state index in [9.17, 15) is 38.2 Å². The third-order valence-corrected chi connectivity index (χ3v) is 15.5. The molecule has 1 rings (SSSR count). The lowest BCUT2D eigenvalue weighted by molar-refractivity contribution is -0.298. The van der Waals surface area contributed by atoms with Crippen LogP contribution in [0, 0.1) is 0 Å². The summed E-state index contributed by atoms with van der Waals surface area (Å²) >= 11 is 0. The van der Waals surface area contributed by atoms with Gasteiger partial charge in [-0.25, -0.2) is 4.18 Å². The second-order valence-electron chi connectivity index (χ2n) is 22.0. The lowest BCUT2D eigenvalue weighted by Crippen LogP contribution is -2.61. The summed E-state index contributed by atoms with van der Waals surface area (Å²) in [5.74, 6) is -0.255. The number of amides is 1. The molecule has 12 nitrogen and oxygen atoms in total. The highest BCUT2D eigenvalue weighted by Crippen LogP contribution is 2.26. The summed E-state index contributed by atoms with van der Waals surface area (Å²) in [5, 5.41) is 45.1. The van der Waals surface area contributed by atoms with Crippen molar-refractivity contribution in [2.75, 3.05) is 13.2 Å². The van der Waals surface area contributed by atoms with Crippen LogP contribution in [0.15, 0.2) is 12.2 Å². The maximum Gasteiger partial charge on any atom is 0.397 e. The van der Waals surface area contributed by atoms with Gasteiger partial charge in [-0.2, -0.15) is 8.42 Å². The van der Waals surface area contributed by atoms with E-state index in [1.54, 1.807) is 6.08 Å². The van der Waals surface area contributed by atoms with Crippen molar-refractivity contribution in [3.63, 3.8) is 0 Å². The fourth-order valence-corrected chi connectivity index (χ4v) is 10.8. The molecule has 0 bridgehead atoms. The van der Waals surface area contributed by atoms with E-state index in [1.165, 1.54) is 244 Å². The van der Waals surface area contributed by atoms with E-state index in [2.05, 4.69) is 23.3 Å². The molecule has 0 aromatic heterocycles. The molecule has 434 valence electrons. The van der Waals surface area contributed by atoms with E-state index in [0.717, 1.165) is 38.5 Å². The normalized spacial score (nSPS) is 19.2. The molecule has 73 heavy (non-hydrogen) atoms. The van der Waals surface area contributed by atoms with Crippen molar-refractivity contribution >= 4 is 16.3 Å². The Morgan fingerprint density at radius 1 is 0.534 bits per heavy atom. The summed E-state index contributed by atoms with van der Waals surface area (Å²) < 4.78 is 47.9. The Morgan fingerprint density at radius 3 is 1.19 bits per heavy atom. The van der Waals surface area contributed by atoms with Gasteiger partial charge < -0.3 is 35.2 Å². The van der Waals surface area contributed by atoms with Crippen LogP contribution in [0.4, 0.5) is 0 Å². The first-order chi connectivity index (χ1) is 35.5. The van der Waals surface area contributed by atoms with Gasteiger partial charge in [0.25, 0.3) is 0 Å². The highest BCUT2D eigenvalue weighted by Gasteiger charge is 2.48. The summed E-state index contributed by atoms with van der Waals surface area (Å²) in [6.45, 7) is 3.45. The van der Waals surface area contributed by atoms with Crippen LogP contribution < -0.4 is 5.32 Å². The zero-order valence-electron chi connectivity index (χ0n) is 47.2. The van der Waals surface area contributed by atoms with Gasteiger partial charge in [0, 0.05) is 6.42 Å². The molecule has 13 heteroatoms. The van der Waals surface area contributed by atoms with E-state index in [0.29, 0.717) is 6.42 Å². The summed E-state index contributed by atoms with van der Waals surface area (Å²) in [4.78, 5) is 13.1. The van der Waals surface area contributed by atoms with Crippen LogP contribution in [-0.2, 0) is 28.9 Å². The Hall–Kier alpha value is -1.16. The van der Waals surface area contributed by atoms with Crippen molar-refractivity contribution in [1.29, 1.82) is 0 Å². The Labute approximate surface area is 449 Å². The number of unbranched alkanes of at least 4 members (excludes halogenated alkanes) is 43. The Bertz CT molecular complexity index is 1340. The molecule has 0 saturated carbocycles. The molecule has 7 unspecified atom stereocenters. The molecule has 1 fully saturated rings. The first-order valence-corrected chi connectivity index (χ1v) is 32.4. The van der Waals surface area contributed by atoms with E-state index in [-0.39, 0.29) is 18.9 Å². The maximum atomic E-state index is 13.1. The number of hydrogen-bond donors (Lipinski definition) is 6. The van der Waals surface area contributed by atoms with E-state index in [1.807, 2.05) is 6.08 Å². The highest BCUT2D eigenvalue weighted by molar-refractivity contribution is 7.80. The first kappa shape index (κ1) is 69.9. The zero-order chi connectivity index (χ0) is 53.3. The van der Waals surface area contributed by atoms with Crippen molar-refractivity contribution in [2.45, 2.75) is 352 Å². The Morgan fingerprint density at radius 2 is 0.863 bits per heavy atom.